The third-order valence-electron chi connectivity index (χ3n) is 5.53. The molecule has 4 saturated carbocycles. The molecule has 0 radical (unpaired) electrons. The van der Waals surface area contributed by atoms with E-state index in [1.807, 2.05) is 5.38 Å². The van der Waals surface area contributed by atoms with Crippen molar-refractivity contribution < 1.29 is 0 Å². The van der Waals surface area contributed by atoms with Gasteiger partial charge in [0.1, 0.15) is 6.04 Å². The lowest BCUT2D eigenvalue weighted by molar-refractivity contribution is -0.0378. The molecule has 1 atom stereocenters. The molecule has 1 aromatic rings. The molecule has 19 heavy (non-hydrogen) atoms. The van der Waals surface area contributed by atoms with Gasteiger partial charge in [0.2, 0.25) is 0 Å². The summed E-state index contributed by atoms with van der Waals surface area (Å²) < 4.78 is 0. The van der Waals surface area contributed by atoms with Crippen molar-refractivity contribution in [3.05, 3.63) is 11.6 Å². The second-order valence-electron chi connectivity index (χ2n) is 6.60. The summed E-state index contributed by atoms with van der Waals surface area (Å²) in [5.74, 6) is 4.07. The Morgan fingerprint density at radius 2 is 1.89 bits per heavy atom. The Kier molecular flexibility index (Phi) is 2.77. The SMILES string of the molecule is N#CC(Nc1nccs1)C1C2CC3CC(C2)CC1C3. The van der Waals surface area contributed by atoms with Gasteiger partial charge in [-0.3, -0.25) is 0 Å². The Morgan fingerprint density at radius 1 is 1.21 bits per heavy atom. The average Bonchev–Trinajstić information content (AvgIpc) is 2.89. The fourth-order valence-corrected chi connectivity index (χ4v) is 5.72. The summed E-state index contributed by atoms with van der Waals surface area (Å²) in [4.78, 5) is 4.27. The minimum absolute atomic E-state index is 0.0406. The Bertz CT molecular complexity index is 462. The molecule has 1 aromatic heterocycles. The van der Waals surface area contributed by atoms with Gasteiger partial charge in [0.05, 0.1) is 6.07 Å². The topological polar surface area (TPSA) is 48.7 Å². The zero-order valence-corrected chi connectivity index (χ0v) is 11.8. The van der Waals surface area contributed by atoms with Gasteiger partial charge in [-0.05, 0) is 61.7 Å². The van der Waals surface area contributed by atoms with Crippen molar-refractivity contribution in [3.8, 4) is 6.07 Å². The predicted molar refractivity (Wildman–Crippen MR) is 75.7 cm³/mol. The first-order valence-corrected chi connectivity index (χ1v) is 8.27. The summed E-state index contributed by atoms with van der Waals surface area (Å²) in [7, 11) is 0. The Hall–Kier alpha value is -1.08. The number of aromatic nitrogens is 1. The van der Waals surface area contributed by atoms with Crippen LogP contribution in [0, 0.1) is 40.9 Å². The van der Waals surface area contributed by atoms with Crippen molar-refractivity contribution >= 4 is 16.5 Å². The number of nitriles is 1. The highest BCUT2D eigenvalue weighted by Gasteiger charge is 2.50. The summed E-state index contributed by atoms with van der Waals surface area (Å²) in [5.41, 5.74) is 0. The highest BCUT2D eigenvalue weighted by Crippen LogP contribution is 2.57. The van der Waals surface area contributed by atoms with Crippen LogP contribution in [0.5, 0.6) is 0 Å². The summed E-state index contributed by atoms with van der Waals surface area (Å²) in [6.45, 7) is 0. The molecular weight excluding hydrogens is 254 g/mol. The van der Waals surface area contributed by atoms with Gasteiger partial charge in [0.15, 0.2) is 5.13 Å². The first kappa shape index (κ1) is 11.7. The van der Waals surface area contributed by atoms with Crippen molar-refractivity contribution in [3.63, 3.8) is 0 Å². The zero-order valence-electron chi connectivity index (χ0n) is 11.0. The van der Waals surface area contributed by atoms with Crippen LogP contribution in [0.25, 0.3) is 0 Å². The summed E-state index contributed by atoms with van der Waals surface area (Å²) >= 11 is 1.59. The van der Waals surface area contributed by atoms with Gasteiger partial charge >= 0.3 is 0 Å². The van der Waals surface area contributed by atoms with E-state index < -0.39 is 0 Å². The molecule has 1 heterocycles. The Balaban J connectivity index is 1.55. The van der Waals surface area contributed by atoms with Crippen LogP contribution in [0.3, 0.4) is 0 Å². The normalized spacial score (nSPS) is 40.9. The van der Waals surface area contributed by atoms with Gasteiger partial charge in [-0.1, -0.05) is 0 Å². The number of anilines is 1. The van der Waals surface area contributed by atoms with E-state index in [0.29, 0.717) is 5.92 Å². The zero-order chi connectivity index (χ0) is 12.8. The van der Waals surface area contributed by atoms with Crippen molar-refractivity contribution in [2.45, 2.75) is 38.1 Å². The van der Waals surface area contributed by atoms with Gasteiger partial charge in [-0.25, -0.2) is 4.98 Å². The maximum absolute atomic E-state index is 9.57. The molecule has 100 valence electrons. The molecule has 1 N–H and O–H groups in total. The van der Waals surface area contributed by atoms with Gasteiger partial charge < -0.3 is 5.32 Å². The van der Waals surface area contributed by atoms with Crippen molar-refractivity contribution in [1.29, 1.82) is 5.26 Å². The molecule has 5 rings (SSSR count). The third-order valence-corrected chi connectivity index (χ3v) is 6.24. The van der Waals surface area contributed by atoms with E-state index in [2.05, 4.69) is 16.4 Å². The van der Waals surface area contributed by atoms with Gasteiger partial charge in [0.25, 0.3) is 0 Å². The molecular formula is C15H19N3S. The van der Waals surface area contributed by atoms with Crippen molar-refractivity contribution in [1.82, 2.24) is 4.98 Å². The van der Waals surface area contributed by atoms with Gasteiger partial charge in [-0.15, -0.1) is 11.3 Å². The van der Waals surface area contributed by atoms with E-state index in [1.54, 1.807) is 17.5 Å². The maximum Gasteiger partial charge on any atom is 0.183 e. The number of thiazole rings is 1. The molecule has 3 nitrogen and oxygen atoms in total. The molecule has 4 aliphatic rings. The number of hydrogen-bond acceptors (Lipinski definition) is 4. The number of nitrogens with one attached hydrogen (secondary N) is 1. The van der Waals surface area contributed by atoms with E-state index in [1.165, 1.54) is 32.1 Å². The fourth-order valence-electron chi connectivity index (χ4n) is 5.15. The lowest BCUT2D eigenvalue weighted by atomic mass is 9.50. The molecule has 0 saturated heterocycles. The maximum atomic E-state index is 9.57. The second-order valence-corrected chi connectivity index (χ2v) is 7.49. The standard InChI is InChI=1S/C15H19N3S/c16-8-13(18-15-17-1-2-19-15)14-11-4-9-3-10(6-11)7-12(14)5-9/h1-2,9-14H,3-7H2,(H,17,18). The van der Waals surface area contributed by atoms with Crippen LogP contribution in [-0.2, 0) is 0 Å². The van der Waals surface area contributed by atoms with Crippen LogP contribution in [0.4, 0.5) is 5.13 Å². The number of hydrogen-bond donors (Lipinski definition) is 1. The first-order valence-electron chi connectivity index (χ1n) is 7.39. The van der Waals surface area contributed by atoms with Crippen LogP contribution in [-0.4, -0.2) is 11.0 Å². The molecule has 0 spiro atoms. The largest absolute Gasteiger partial charge is 0.346 e. The molecule has 4 bridgehead atoms. The minimum Gasteiger partial charge on any atom is -0.346 e. The Labute approximate surface area is 118 Å². The van der Waals surface area contributed by atoms with Crippen LogP contribution >= 0.6 is 11.3 Å². The number of rotatable bonds is 3. The average molecular weight is 273 g/mol. The molecule has 0 aliphatic heterocycles. The first-order chi connectivity index (χ1) is 9.33. The second kappa shape index (κ2) is 4.49. The summed E-state index contributed by atoms with van der Waals surface area (Å²) in [6.07, 6.45) is 8.75. The van der Waals surface area contributed by atoms with E-state index in [-0.39, 0.29) is 6.04 Å². The molecule has 0 amide bonds. The monoisotopic (exact) mass is 273 g/mol. The van der Waals surface area contributed by atoms with Crippen LogP contribution in [0.1, 0.15) is 32.1 Å². The van der Waals surface area contributed by atoms with Crippen LogP contribution in [0.15, 0.2) is 11.6 Å². The van der Waals surface area contributed by atoms with E-state index in [0.717, 1.165) is 28.8 Å². The van der Waals surface area contributed by atoms with Crippen LogP contribution in [0.2, 0.25) is 0 Å². The lowest BCUT2D eigenvalue weighted by Crippen LogP contribution is -2.50. The smallest absolute Gasteiger partial charge is 0.183 e. The predicted octanol–water partition coefficient (Wildman–Crippen LogP) is 3.52. The fraction of sp³-hybridized carbons (Fsp3) is 0.733. The lowest BCUT2D eigenvalue weighted by Gasteiger charge is -2.55. The van der Waals surface area contributed by atoms with Crippen LogP contribution < -0.4 is 5.32 Å². The third kappa shape index (κ3) is 1.95. The van der Waals surface area contributed by atoms with Gasteiger partial charge in [-0.2, -0.15) is 5.26 Å². The van der Waals surface area contributed by atoms with E-state index in [4.69, 9.17) is 0 Å². The highest BCUT2D eigenvalue weighted by molar-refractivity contribution is 7.13. The number of nitrogens with zero attached hydrogens (tertiary/aromatic N) is 2. The molecule has 4 heteroatoms. The molecule has 0 aromatic carbocycles. The van der Waals surface area contributed by atoms with Crippen molar-refractivity contribution in [2.24, 2.45) is 29.6 Å². The van der Waals surface area contributed by atoms with E-state index in [9.17, 15) is 5.26 Å². The van der Waals surface area contributed by atoms with Gasteiger partial charge in [0, 0.05) is 11.6 Å². The minimum atomic E-state index is -0.0406. The Morgan fingerprint density at radius 3 is 2.42 bits per heavy atom. The van der Waals surface area contributed by atoms with E-state index >= 15 is 0 Å². The molecule has 4 fully saturated rings. The summed E-state index contributed by atoms with van der Waals surface area (Å²) in [5, 5.41) is 15.8. The highest BCUT2D eigenvalue weighted by atomic mass is 32.1. The molecule has 1 unspecified atom stereocenters. The molecule has 4 aliphatic carbocycles. The summed E-state index contributed by atoms with van der Waals surface area (Å²) in [6, 6.07) is 2.48. The quantitative estimate of drug-likeness (QED) is 0.916. The van der Waals surface area contributed by atoms with Crippen molar-refractivity contribution in [2.75, 3.05) is 5.32 Å².